The van der Waals surface area contributed by atoms with Crippen molar-refractivity contribution in [1.29, 1.82) is 0 Å². The zero-order chi connectivity index (χ0) is 12.8. The highest BCUT2D eigenvalue weighted by Crippen LogP contribution is 2.24. The molecule has 0 spiro atoms. The fraction of sp³-hybridized carbons (Fsp3) is 0.692. The highest BCUT2D eigenvalue weighted by Gasteiger charge is 2.16. The van der Waals surface area contributed by atoms with Crippen LogP contribution in [0.4, 0.5) is 0 Å². The lowest BCUT2D eigenvalue weighted by molar-refractivity contribution is 0.392. The molecule has 0 amide bonds. The van der Waals surface area contributed by atoms with Crippen LogP contribution in [0.15, 0.2) is 6.07 Å². The molecule has 0 radical (unpaired) electrons. The topological polar surface area (TPSA) is 63.8 Å². The zero-order valence-electron chi connectivity index (χ0n) is 11.3. The number of aromatic nitrogens is 2. The quantitative estimate of drug-likeness (QED) is 0.588. The molecule has 4 nitrogen and oxygen atoms in total. The molecule has 0 saturated carbocycles. The first-order valence-corrected chi connectivity index (χ1v) is 6.35. The van der Waals surface area contributed by atoms with E-state index in [1.807, 2.05) is 13.8 Å². The third-order valence-electron chi connectivity index (χ3n) is 3.14. The summed E-state index contributed by atoms with van der Waals surface area (Å²) in [7, 11) is 0. The molecule has 0 bridgehead atoms. The van der Waals surface area contributed by atoms with Crippen molar-refractivity contribution in [3.05, 3.63) is 23.0 Å². The molecule has 17 heavy (non-hydrogen) atoms. The summed E-state index contributed by atoms with van der Waals surface area (Å²) in [6.07, 6.45) is 3.48. The van der Waals surface area contributed by atoms with Gasteiger partial charge >= 0.3 is 0 Å². The molecule has 1 aromatic rings. The maximum atomic E-state index is 5.67. The van der Waals surface area contributed by atoms with Crippen molar-refractivity contribution in [2.24, 2.45) is 11.8 Å². The lowest BCUT2D eigenvalue weighted by Crippen LogP contribution is -2.30. The highest BCUT2D eigenvalue weighted by atomic mass is 15.2. The van der Waals surface area contributed by atoms with Gasteiger partial charge in [0.25, 0.3) is 0 Å². The first-order chi connectivity index (χ1) is 8.08. The van der Waals surface area contributed by atoms with Crippen LogP contribution in [-0.4, -0.2) is 10.2 Å². The molecule has 0 aliphatic rings. The van der Waals surface area contributed by atoms with E-state index >= 15 is 0 Å². The van der Waals surface area contributed by atoms with Crippen LogP contribution in [0.3, 0.4) is 0 Å². The number of hydrazine groups is 1. The Kier molecular flexibility index (Phi) is 5.51. The normalized spacial score (nSPS) is 14.6. The molecule has 1 rings (SSSR count). The molecule has 0 aromatic carbocycles. The summed E-state index contributed by atoms with van der Waals surface area (Å²) >= 11 is 0. The largest absolute Gasteiger partial charge is 0.271 e. The zero-order valence-corrected chi connectivity index (χ0v) is 11.3. The van der Waals surface area contributed by atoms with Crippen molar-refractivity contribution >= 4 is 0 Å². The van der Waals surface area contributed by atoms with Gasteiger partial charge in [0.1, 0.15) is 0 Å². The maximum absolute atomic E-state index is 5.67. The third-order valence-corrected chi connectivity index (χ3v) is 3.14. The monoisotopic (exact) mass is 236 g/mol. The lowest BCUT2D eigenvalue weighted by Gasteiger charge is -2.21. The molecular formula is C13H24N4. The molecule has 1 aromatic heterocycles. The number of nitrogens with one attached hydrogen (secondary N) is 1. The Hall–Kier alpha value is -1.00. The number of nitrogens with zero attached hydrogens (tertiary/aromatic N) is 2. The van der Waals surface area contributed by atoms with Crippen LogP contribution in [0.5, 0.6) is 0 Å². The van der Waals surface area contributed by atoms with Gasteiger partial charge in [0.15, 0.2) is 0 Å². The van der Waals surface area contributed by atoms with E-state index < -0.39 is 0 Å². The maximum Gasteiger partial charge on any atom is 0.0648 e. The summed E-state index contributed by atoms with van der Waals surface area (Å²) in [5, 5.41) is 8.21. The van der Waals surface area contributed by atoms with Gasteiger partial charge in [-0.05, 0) is 37.8 Å². The van der Waals surface area contributed by atoms with Gasteiger partial charge in [0, 0.05) is 6.04 Å². The Morgan fingerprint density at radius 1 is 1.35 bits per heavy atom. The van der Waals surface area contributed by atoms with E-state index in [1.54, 1.807) is 0 Å². The molecular weight excluding hydrogens is 212 g/mol. The van der Waals surface area contributed by atoms with E-state index in [4.69, 9.17) is 5.84 Å². The standard InChI is InChI=1S/C13H24N4/c1-5-6-9(2)7-13(15-14)12-8-10(3)16-17-11(12)4/h8-9,13,15H,5-7,14H2,1-4H3. The van der Waals surface area contributed by atoms with Gasteiger partial charge in [-0.2, -0.15) is 10.2 Å². The average molecular weight is 236 g/mol. The van der Waals surface area contributed by atoms with Crippen molar-refractivity contribution in [3.63, 3.8) is 0 Å². The minimum absolute atomic E-state index is 0.172. The fourth-order valence-electron chi connectivity index (χ4n) is 2.22. The number of aryl methyl sites for hydroxylation is 2. The van der Waals surface area contributed by atoms with Crippen LogP contribution in [0, 0.1) is 19.8 Å². The predicted octanol–water partition coefficient (Wildman–Crippen LogP) is 2.42. The summed E-state index contributed by atoms with van der Waals surface area (Å²) in [6.45, 7) is 8.42. The molecule has 3 N–H and O–H groups in total. The van der Waals surface area contributed by atoms with Gasteiger partial charge in [0.05, 0.1) is 11.4 Å². The molecule has 0 aliphatic carbocycles. The Morgan fingerprint density at radius 3 is 2.65 bits per heavy atom. The summed E-state index contributed by atoms with van der Waals surface area (Å²) in [5.74, 6) is 6.33. The Morgan fingerprint density at radius 2 is 2.06 bits per heavy atom. The van der Waals surface area contributed by atoms with E-state index in [-0.39, 0.29) is 6.04 Å². The van der Waals surface area contributed by atoms with Crippen LogP contribution in [-0.2, 0) is 0 Å². The summed E-state index contributed by atoms with van der Waals surface area (Å²) in [6, 6.07) is 2.25. The summed E-state index contributed by atoms with van der Waals surface area (Å²) in [4.78, 5) is 0. The lowest BCUT2D eigenvalue weighted by atomic mass is 9.93. The van der Waals surface area contributed by atoms with Gasteiger partial charge in [-0.3, -0.25) is 11.3 Å². The minimum Gasteiger partial charge on any atom is -0.271 e. The fourth-order valence-corrected chi connectivity index (χ4v) is 2.22. The van der Waals surface area contributed by atoms with E-state index in [9.17, 15) is 0 Å². The second kappa shape index (κ2) is 6.67. The second-order valence-corrected chi connectivity index (χ2v) is 4.88. The van der Waals surface area contributed by atoms with Crippen molar-refractivity contribution in [2.45, 2.75) is 53.0 Å². The average Bonchev–Trinajstić information content (AvgIpc) is 2.30. The van der Waals surface area contributed by atoms with Gasteiger partial charge in [-0.15, -0.1) is 0 Å². The SMILES string of the molecule is CCCC(C)CC(NN)c1cc(C)nnc1C. The first-order valence-electron chi connectivity index (χ1n) is 6.35. The van der Waals surface area contributed by atoms with Crippen LogP contribution in [0.1, 0.15) is 56.1 Å². The second-order valence-electron chi connectivity index (χ2n) is 4.88. The van der Waals surface area contributed by atoms with Crippen molar-refractivity contribution in [2.75, 3.05) is 0 Å². The van der Waals surface area contributed by atoms with Gasteiger partial charge in [0.2, 0.25) is 0 Å². The van der Waals surface area contributed by atoms with Crippen LogP contribution in [0.25, 0.3) is 0 Å². The van der Waals surface area contributed by atoms with Crippen molar-refractivity contribution in [3.8, 4) is 0 Å². The molecule has 2 unspecified atom stereocenters. The van der Waals surface area contributed by atoms with E-state index in [0.717, 1.165) is 17.8 Å². The van der Waals surface area contributed by atoms with Gasteiger partial charge in [-0.1, -0.05) is 26.7 Å². The predicted molar refractivity (Wildman–Crippen MR) is 70.3 cm³/mol. The Bertz CT molecular complexity index is 351. The van der Waals surface area contributed by atoms with Crippen LogP contribution < -0.4 is 11.3 Å². The number of hydrogen-bond acceptors (Lipinski definition) is 4. The van der Waals surface area contributed by atoms with Gasteiger partial charge in [-0.25, -0.2) is 0 Å². The Balaban J connectivity index is 2.82. The molecule has 96 valence electrons. The molecule has 4 heteroatoms. The molecule has 0 fully saturated rings. The van der Waals surface area contributed by atoms with E-state index in [2.05, 4.69) is 35.5 Å². The molecule has 2 atom stereocenters. The van der Waals surface area contributed by atoms with E-state index in [0.29, 0.717) is 5.92 Å². The van der Waals surface area contributed by atoms with Crippen molar-refractivity contribution < 1.29 is 0 Å². The van der Waals surface area contributed by atoms with E-state index in [1.165, 1.54) is 18.4 Å². The smallest absolute Gasteiger partial charge is 0.0648 e. The molecule has 0 saturated heterocycles. The first kappa shape index (κ1) is 14.1. The van der Waals surface area contributed by atoms with Crippen molar-refractivity contribution in [1.82, 2.24) is 15.6 Å². The Labute approximate surface area is 104 Å². The summed E-state index contributed by atoms with van der Waals surface area (Å²) < 4.78 is 0. The number of hydrogen-bond donors (Lipinski definition) is 2. The third kappa shape index (κ3) is 4.06. The van der Waals surface area contributed by atoms with Crippen LogP contribution in [0.2, 0.25) is 0 Å². The molecule has 0 aliphatic heterocycles. The molecule has 1 heterocycles. The number of rotatable bonds is 6. The van der Waals surface area contributed by atoms with Gasteiger partial charge < -0.3 is 0 Å². The minimum atomic E-state index is 0.172. The number of nitrogens with two attached hydrogens (primary N) is 1. The van der Waals surface area contributed by atoms with Crippen LogP contribution >= 0.6 is 0 Å². The summed E-state index contributed by atoms with van der Waals surface area (Å²) in [5.41, 5.74) is 5.98. The highest BCUT2D eigenvalue weighted by molar-refractivity contribution is 5.23.